The third kappa shape index (κ3) is 5.83. The lowest BCUT2D eigenvalue weighted by molar-refractivity contribution is -0.123. The van der Waals surface area contributed by atoms with Crippen molar-refractivity contribution in [2.75, 3.05) is 27.4 Å². The van der Waals surface area contributed by atoms with Crippen LogP contribution >= 0.6 is 0 Å². The summed E-state index contributed by atoms with van der Waals surface area (Å²) in [5.74, 6) is -0.179. The van der Waals surface area contributed by atoms with Crippen molar-refractivity contribution < 1.29 is 14.3 Å². The summed E-state index contributed by atoms with van der Waals surface area (Å²) in [6.07, 6.45) is 0.368. The molecule has 106 valence electrons. The number of rotatable bonds is 8. The average Bonchev–Trinajstić information content (AvgIpc) is 2.44. The minimum absolute atomic E-state index is 0.155. The van der Waals surface area contributed by atoms with E-state index in [9.17, 15) is 4.79 Å². The summed E-state index contributed by atoms with van der Waals surface area (Å²) < 4.78 is 10.1. The molecule has 0 bridgehead atoms. The van der Waals surface area contributed by atoms with Crippen LogP contribution in [0.3, 0.4) is 0 Å². The Bertz CT molecular complexity index is 370. The number of nitrogens with two attached hydrogens (primary N) is 1. The maximum Gasteiger partial charge on any atom is 0.237 e. The zero-order chi connectivity index (χ0) is 14.1. The first-order valence-corrected chi connectivity index (χ1v) is 6.26. The SMILES string of the molecule is COCC(CNC(=O)C(N)Cc1ccccc1)OC. The largest absolute Gasteiger partial charge is 0.382 e. The average molecular weight is 266 g/mol. The van der Waals surface area contributed by atoms with E-state index in [0.717, 1.165) is 5.56 Å². The summed E-state index contributed by atoms with van der Waals surface area (Å²) in [5, 5.41) is 2.77. The van der Waals surface area contributed by atoms with Crippen LogP contribution in [0.25, 0.3) is 0 Å². The molecule has 5 nitrogen and oxygen atoms in total. The van der Waals surface area contributed by atoms with Crippen LogP contribution in [-0.4, -0.2) is 45.4 Å². The maximum absolute atomic E-state index is 11.8. The first-order valence-electron chi connectivity index (χ1n) is 6.26. The summed E-state index contributed by atoms with van der Waals surface area (Å²) in [7, 11) is 3.18. The minimum atomic E-state index is -0.553. The van der Waals surface area contributed by atoms with Gasteiger partial charge in [-0.25, -0.2) is 0 Å². The zero-order valence-corrected chi connectivity index (χ0v) is 11.5. The molecule has 0 aliphatic carbocycles. The molecular weight excluding hydrogens is 244 g/mol. The molecule has 0 spiro atoms. The fraction of sp³-hybridized carbons (Fsp3) is 0.500. The normalized spacial score (nSPS) is 13.8. The summed E-state index contributed by atoms with van der Waals surface area (Å²) in [5.41, 5.74) is 6.91. The molecule has 0 saturated heterocycles. The van der Waals surface area contributed by atoms with Crippen molar-refractivity contribution in [3.63, 3.8) is 0 Å². The van der Waals surface area contributed by atoms with Crippen LogP contribution in [0, 0.1) is 0 Å². The Morgan fingerprint density at radius 2 is 2.00 bits per heavy atom. The molecule has 0 fully saturated rings. The van der Waals surface area contributed by atoms with Crippen molar-refractivity contribution >= 4 is 5.91 Å². The first kappa shape index (κ1) is 15.6. The molecule has 0 aromatic heterocycles. The molecule has 19 heavy (non-hydrogen) atoms. The van der Waals surface area contributed by atoms with Gasteiger partial charge in [-0.3, -0.25) is 4.79 Å². The van der Waals surface area contributed by atoms with Crippen molar-refractivity contribution in [1.29, 1.82) is 0 Å². The predicted octanol–water partition coefficient (Wildman–Crippen LogP) is 0.334. The lowest BCUT2D eigenvalue weighted by Gasteiger charge is -2.17. The third-order valence-electron chi connectivity index (χ3n) is 2.83. The fourth-order valence-electron chi connectivity index (χ4n) is 1.70. The van der Waals surface area contributed by atoms with Crippen molar-refractivity contribution in [2.45, 2.75) is 18.6 Å². The number of nitrogens with one attached hydrogen (secondary N) is 1. The van der Waals surface area contributed by atoms with E-state index in [1.165, 1.54) is 0 Å². The van der Waals surface area contributed by atoms with Crippen LogP contribution < -0.4 is 11.1 Å². The molecule has 0 radical (unpaired) electrons. The van der Waals surface area contributed by atoms with Crippen LogP contribution in [0.2, 0.25) is 0 Å². The molecule has 0 heterocycles. The van der Waals surface area contributed by atoms with Gasteiger partial charge in [0.2, 0.25) is 5.91 Å². The van der Waals surface area contributed by atoms with E-state index < -0.39 is 6.04 Å². The topological polar surface area (TPSA) is 73.6 Å². The van der Waals surface area contributed by atoms with E-state index in [-0.39, 0.29) is 12.0 Å². The van der Waals surface area contributed by atoms with Crippen LogP contribution in [0.1, 0.15) is 5.56 Å². The molecular formula is C14H22N2O3. The molecule has 5 heteroatoms. The van der Waals surface area contributed by atoms with Gasteiger partial charge in [-0.2, -0.15) is 0 Å². The zero-order valence-electron chi connectivity index (χ0n) is 11.5. The molecule has 2 unspecified atom stereocenters. The molecule has 0 aliphatic rings. The second-order valence-electron chi connectivity index (χ2n) is 4.35. The van der Waals surface area contributed by atoms with Gasteiger partial charge in [0.25, 0.3) is 0 Å². The number of hydrogen-bond acceptors (Lipinski definition) is 4. The van der Waals surface area contributed by atoms with Gasteiger partial charge in [-0.05, 0) is 12.0 Å². The van der Waals surface area contributed by atoms with E-state index in [4.69, 9.17) is 15.2 Å². The molecule has 0 saturated carbocycles. The van der Waals surface area contributed by atoms with Crippen LogP contribution in [0.4, 0.5) is 0 Å². The Hall–Kier alpha value is -1.43. The lowest BCUT2D eigenvalue weighted by atomic mass is 10.1. The second kappa shape index (κ2) is 8.63. The Morgan fingerprint density at radius 3 is 2.58 bits per heavy atom. The summed E-state index contributed by atoms with van der Waals surface area (Å²) >= 11 is 0. The van der Waals surface area contributed by atoms with Gasteiger partial charge in [-0.1, -0.05) is 30.3 Å². The standard InChI is InChI=1S/C14H22N2O3/c1-18-10-12(19-2)9-16-14(17)13(15)8-11-6-4-3-5-7-11/h3-7,12-13H,8-10,15H2,1-2H3,(H,16,17). The Kier molecular flexibility index (Phi) is 7.10. The van der Waals surface area contributed by atoms with Gasteiger partial charge in [0.05, 0.1) is 18.8 Å². The lowest BCUT2D eigenvalue weighted by Crippen LogP contribution is -2.45. The number of ether oxygens (including phenoxy) is 2. The highest BCUT2D eigenvalue weighted by molar-refractivity contribution is 5.81. The van der Waals surface area contributed by atoms with Gasteiger partial charge in [0, 0.05) is 20.8 Å². The summed E-state index contributed by atoms with van der Waals surface area (Å²) in [6.45, 7) is 0.830. The molecule has 1 rings (SSSR count). The van der Waals surface area contributed by atoms with Crippen molar-refractivity contribution in [3.05, 3.63) is 35.9 Å². The Balaban J connectivity index is 2.36. The highest BCUT2D eigenvalue weighted by atomic mass is 16.5. The van der Waals surface area contributed by atoms with Gasteiger partial charge in [-0.15, -0.1) is 0 Å². The van der Waals surface area contributed by atoms with Gasteiger partial charge < -0.3 is 20.5 Å². The molecule has 2 atom stereocenters. The molecule has 3 N–H and O–H groups in total. The number of hydrogen-bond donors (Lipinski definition) is 2. The third-order valence-corrected chi connectivity index (χ3v) is 2.83. The van der Waals surface area contributed by atoms with Gasteiger partial charge in [0.15, 0.2) is 0 Å². The van der Waals surface area contributed by atoms with E-state index >= 15 is 0 Å². The number of amides is 1. The monoisotopic (exact) mass is 266 g/mol. The van der Waals surface area contributed by atoms with Gasteiger partial charge >= 0.3 is 0 Å². The van der Waals surface area contributed by atoms with Gasteiger partial charge in [0.1, 0.15) is 0 Å². The van der Waals surface area contributed by atoms with E-state index in [1.54, 1.807) is 14.2 Å². The minimum Gasteiger partial charge on any atom is -0.382 e. The molecule has 0 aliphatic heterocycles. The van der Waals surface area contributed by atoms with Crippen molar-refractivity contribution in [2.24, 2.45) is 5.73 Å². The fourth-order valence-corrected chi connectivity index (χ4v) is 1.70. The number of benzene rings is 1. The van der Waals surface area contributed by atoms with Crippen molar-refractivity contribution in [3.8, 4) is 0 Å². The van der Waals surface area contributed by atoms with Crippen LogP contribution in [0.5, 0.6) is 0 Å². The molecule has 1 aromatic rings. The Labute approximate surface area is 114 Å². The summed E-state index contributed by atoms with van der Waals surface area (Å²) in [4.78, 5) is 11.8. The van der Waals surface area contributed by atoms with E-state index in [2.05, 4.69) is 5.32 Å². The number of methoxy groups -OCH3 is 2. The summed E-state index contributed by atoms with van der Waals surface area (Å²) in [6, 6.07) is 9.15. The smallest absolute Gasteiger partial charge is 0.237 e. The molecule has 1 amide bonds. The van der Waals surface area contributed by atoms with Crippen LogP contribution in [-0.2, 0) is 20.7 Å². The maximum atomic E-state index is 11.8. The number of carbonyl (C=O) groups excluding carboxylic acids is 1. The number of carbonyl (C=O) groups is 1. The Morgan fingerprint density at radius 1 is 1.32 bits per heavy atom. The quantitative estimate of drug-likeness (QED) is 0.711. The highest BCUT2D eigenvalue weighted by Gasteiger charge is 2.15. The van der Waals surface area contributed by atoms with Crippen molar-refractivity contribution in [1.82, 2.24) is 5.32 Å². The predicted molar refractivity (Wildman–Crippen MR) is 73.8 cm³/mol. The van der Waals surface area contributed by atoms with E-state index in [1.807, 2.05) is 30.3 Å². The first-order chi connectivity index (χ1) is 9.17. The highest BCUT2D eigenvalue weighted by Crippen LogP contribution is 2.02. The van der Waals surface area contributed by atoms with Crippen LogP contribution in [0.15, 0.2) is 30.3 Å². The second-order valence-corrected chi connectivity index (χ2v) is 4.35. The van der Waals surface area contributed by atoms with E-state index in [0.29, 0.717) is 19.6 Å². The molecule has 1 aromatic carbocycles.